The zero-order chi connectivity index (χ0) is 20.0. The molecule has 0 fully saturated rings. The van der Waals surface area contributed by atoms with E-state index in [1.165, 1.54) is 26.2 Å². The van der Waals surface area contributed by atoms with Gasteiger partial charge in [-0.25, -0.2) is 0 Å². The maximum Gasteiger partial charge on any atom is 0.297 e. The number of ether oxygens (including phenoxy) is 1. The summed E-state index contributed by atoms with van der Waals surface area (Å²) < 4.78 is 5.80. The van der Waals surface area contributed by atoms with Gasteiger partial charge in [0.05, 0.1) is 17.7 Å². The highest BCUT2D eigenvalue weighted by Crippen LogP contribution is 2.30. The fourth-order valence-electron chi connectivity index (χ4n) is 2.04. The van der Waals surface area contributed by atoms with Crippen LogP contribution in [0, 0.1) is 13.7 Å². The van der Waals surface area contributed by atoms with Crippen molar-refractivity contribution in [1.29, 1.82) is 0 Å². The lowest BCUT2D eigenvalue weighted by molar-refractivity contribution is -0.384. The number of azo groups is 1. The molecule has 0 bridgehead atoms. The van der Waals surface area contributed by atoms with Gasteiger partial charge in [-0.1, -0.05) is 12.1 Å². The van der Waals surface area contributed by atoms with Crippen molar-refractivity contribution >= 4 is 45.6 Å². The van der Waals surface area contributed by atoms with Crippen molar-refractivity contribution in [2.24, 2.45) is 10.2 Å². The number of halogens is 1. The third-order valence-corrected chi connectivity index (χ3v) is 3.98. The summed E-state index contributed by atoms with van der Waals surface area (Å²) in [5, 5.41) is 31.0. The van der Waals surface area contributed by atoms with E-state index in [9.17, 15) is 20.0 Å². The van der Waals surface area contributed by atoms with Crippen LogP contribution in [-0.2, 0) is 4.79 Å². The Kier molecular flexibility index (Phi) is 6.82. The number of benzene rings is 2. The molecule has 0 aliphatic heterocycles. The molecular formula is C17H15IN4O5. The first-order valence-corrected chi connectivity index (χ1v) is 8.61. The molecule has 0 saturated carbocycles. The molecule has 2 rings (SSSR count). The van der Waals surface area contributed by atoms with Gasteiger partial charge in [-0.05, 0) is 53.8 Å². The average molecular weight is 482 g/mol. The molecule has 0 atom stereocenters. The Morgan fingerprint density at radius 1 is 1.30 bits per heavy atom. The molecule has 0 aromatic heterocycles. The van der Waals surface area contributed by atoms with Gasteiger partial charge in [-0.3, -0.25) is 14.9 Å². The standard InChI is InChI=1S/C17H15IN4O5/c1-10(23)16(17(24)19-13-5-3-4-6-15(13)27-2)21-20-12-8-7-11(18)9-14(12)22(25)26/h3-9,23H,1-2H3,(H,19,24). The number of nitrogens with one attached hydrogen (secondary N) is 1. The molecule has 0 unspecified atom stereocenters. The van der Waals surface area contributed by atoms with Crippen molar-refractivity contribution in [3.63, 3.8) is 0 Å². The topological polar surface area (TPSA) is 126 Å². The number of amides is 1. The van der Waals surface area contributed by atoms with Crippen LogP contribution in [-0.4, -0.2) is 23.0 Å². The normalized spacial score (nSPS) is 11.8. The maximum atomic E-state index is 12.4. The lowest BCUT2D eigenvalue weighted by Crippen LogP contribution is -2.15. The number of nitrogens with zero attached hydrogens (tertiary/aromatic N) is 3. The van der Waals surface area contributed by atoms with Gasteiger partial charge < -0.3 is 15.2 Å². The van der Waals surface area contributed by atoms with Crippen LogP contribution in [0.2, 0.25) is 0 Å². The van der Waals surface area contributed by atoms with Gasteiger partial charge in [0, 0.05) is 9.64 Å². The highest BCUT2D eigenvalue weighted by Gasteiger charge is 2.17. The lowest BCUT2D eigenvalue weighted by Gasteiger charge is -2.09. The number of methoxy groups -OCH3 is 1. The number of rotatable bonds is 6. The number of carbonyl (C=O) groups is 1. The van der Waals surface area contributed by atoms with Crippen molar-refractivity contribution in [3.8, 4) is 5.75 Å². The summed E-state index contributed by atoms with van der Waals surface area (Å²) in [6.45, 7) is 1.26. The molecule has 2 N–H and O–H groups in total. The molecule has 0 aliphatic rings. The zero-order valence-electron chi connectivity index (χ0n) is 14.3. The molecule has 0 aliphatic carbocycles. The number of aliphatic hydroxyl groups is 1. The second-order valence-corrected chi connectivity index (χ2v) is 6.42. The van der Waals surface area contributed by atoms with E-state index >= 15 is 0 Å². The molecule has 0 heterocycles. The van der Waals surface area contributed by atoms with Crippen molar-refractivity contribution in [3.05, 3.63) is 67.6 Å². The number of hydrogen-bond acceptors (Lipinski definition) is 7. The Morgan fingerprint density at radius 3 is 2.63 bits per heavy atom. The van der Waals surface area contributed by atoms with Crippen molar-refractivity contribution in [2.75, 3.05) is 12.4 Å². The van der Waals surface area contributed by atoms with Crippen LogP contribution in [0.5, 0.6) is 5.75 Å². The second kappa shape index (κ2) is 9.07. The molecule has 1 amide bonds. The molecule has 2 aromatic carbocycles. The number of allylic oxidation sites excluding steroid dienone is 1. The minimum atomic E-state index is -0.739. The third kappa shape index (κ3) is 5.23. The Balaban J connectivity index is 2.32. The highest BCUT2D eigenvalue weighted by molar-refractivity contribution is 14.1. The predicted octanol–water partition coefficient (Wildman–Crippen LogP) is 4.72. The number of carbonyl (C=O) groups excluding carboxylic acids is 1. The Hall–Kier alpha value is -3.02. The number of para-hydroxylation sites is 2. The van der Waals surface area contributed by atoms with Gasteiger partial charge in [0.25, 0.3) is 11.6 Å². The fraction of sp³-hybridized carbons (Fsp3) is 0.118. The van der Waals surface area contributed by atoms with Crippen LogP contribution in [0.1, 0.15) is 6.92 Å². The molecule has 9 nitrogen and oxygen atoms in total. The van der Waals surface area contributed by atoms with Gasteiger partial charge in [-0.15, -0.1) is 10.2 Å². The molecule has 2 aromatic rings. The van der Waals surface area contributed by atoms with E-state index in [4.69, 9.17) is 4.74 Å². The Morgan fingerprint density at radius 2 is 2.00 bits per heavy atom. The molecular weight excluding hydrogens is 467 g/mol. The Labute approximate surface area is 168 Å². The van der Waals surface area contributed by atoms with Crippen LogP contribution >= 0.6 is 22.6 Å². The van der Waals surface area contributed by atoms with E-state index in [1.807, 2.05) is 22.6 Å². The molecule has 10 heteroatoms. The molecule has 27 heavy (non-hydrogen) atoms. The minimum absolute atomic E-state index is 0.0377. The first-order chi connectivity index (χ1) is 12.8. The van der Waals surface area contributed by atoms with Crippen LogP contribution in [0.4, 0.5) is 17.1 Å². The van der Waals surface area contributed by atoms with Crippen LogP contribution in [0.3, 0.4) is 0 Å². The predicted molar refractivity (Wildman–Crippen MR) is 107 cm³/mol. The van der Waals surface area contributed by atoms with Crippen LogP contribution in [0.25, 0.3) is 0 Å². The van der Waals surface area contributed by atoms with Crippen LogP contribution < -0.4 is 10.1 Å². The number of hydrogen-bond donors (Lipinski definition) is 2. The number of anilines is 1. The summed E-state index contributed by atoms with van der Waals surface area (Å²) in [5.41, 5.74) is -0.303. The third-order valence-electron chi connectivity index (χ3n) is 3.30. The molecule has 140 valence electrons. The summed E-state index contributed by atoms with van der Waals surface area (Å²) >= 11 is 1.94. The number of nitro groups is 1. The molecule has 0 radical (unpaired) electrons. The van der Waals surface area contributed by atoms with Gasteiger partial charge in [0.1, 0.15) is 11.5 Å². The monoisotopic (exact) mass is 482 g/mol. The first-order valence-electron chi connectivity index (χ1n) is 7.53. The van der Waals surface area contributed by atoms with E-state index in [0.29, 0.717) is 15.0 Å². The van der Waals surface area contributed by atoms with Crippen molar-refractivity contribution in [1.82, 2.24) is 0 Å². The number of aliphatic hydroxyl groups excluding tert-OH is 1. The lowest BCUT2D eigenvalue weighted by atomic mass is 10.2. The maximum absolute atomic E-state index is 12.4. The van der Waals surface area contributed by atoms with Crippen molar-refractivity contribution in [2.45, 2.75) is 6.92 Å². The number of nitro benzene ring substituents is 1. The van der Waals surface area contributed by atoms with Gasteiger partial charge in [0.15, 0.2) is 11.4 Å². The zero-order valence-corrected chi connectivity index (χ0v) is 16.5. The molecule has 0 spiro atoms. The smallest absolute Gasteiger partial charge is 0.297 e. The summed E-state index contributed by atoms with van der Waals surface area (Å²) in [6.07, 6.45) is 0. The van der Waals surface area contributed by atoms with E-state index in [1.54, 1.807) is 30.3 Å². The fourth-order valence-corrected chi connectivity index (χ4v) is 2.52. The molecule has 0 saturated heterocycles. The van der Waals surface area contributed by atoms with Gasteiger partial charge in [0.2, 0.25) is 0 Å². The summed E-state index contributed by atoms with van der Waals surface area (Å²) in [5.74, 6) is -0.707. The minimum Gasteiger partial charge on any atom is -0.510 e. The Bertz CT molecular complexity index is 939. The van der Waals surface area contributed by atoms with E-state index in [2.05, 4.69) is 15.5 Å². The second-order valence-electron chi connectivity index (χ2n) is 5.18. The highest BCUT2D eigenvalue weighted by atomic mass is 127. The average Bonchev–Trinajstić information content (AvgIpc) is 2.63. The van der Waals surface area contributed by atoms with Gasteiger partial charge >= 0.3 is 0 Å². The summed E-state index contributed by atoms with van der Waals surface area (Å²) in [4.78, 5) is 23.0. The summed E-state index contributed by atoms with van der Waals surface area (Å²) in [6, 6.07) is 11.1. The quantitative estimate of drug-likeness (QED) is 0.154. The van der Waals surface area contributed by atoms with Gasteiger partial charge in [-0.2, -0.15) is 0 Å². The van der Waals surface area contributed by atoms with Crippen LogP contribution in [0.15, 0.2) is 64.1 Å². The largest absolute Gasteiger partial charge is 0.510 e. The van der Waals surface area contributed by atoms with E-state index in [-0.39, 0.29) is 22.8 Å². The SMILES string of the molecule is COc1ccccc1NC(=O)C(N=Nc1ccc(I)cc1[N+](=O)[O-])=C(C)O. The van der Waals surface area contributed by atoms with E-state index in [0.717, 1.165) is 0 Å². The van der Waals surface area contributed by atoms with Crippen molar-refractivity contribution < 1.29 is 19.6 Å². The van der Waals surface area contributed by atoms with E-state index < -0.39 is 10.8 Å². The first kappa shape index (κ1) is 20.3. The summed E-state index contributed by atoms with van der Waals surface area (Å²) in [7, 11) is 1.45.